The van der Waals surface area contributed by atoms with E-state index < -0.39 is 52.7 Å². The van der Waals surface area contributed by atoms with E-state index in [9.17, 15) is 27.6 Å². The molecule has 1 saturated heterocycles. The monoisotopic (exact) mass is 511 g/mol. The van der Waals surface area contributed by atoms with Crippen LogP contribution in [0.5, 0.6) is 0 Å². The first-order valence-electron chi connectivity index (χ1n) is 10.3. The van der Waals surface area contributed by atoms with E-state index in [0.717, 1.165) is 6.07 Å². The molecule has 3 atom stereocenters. The molecule has 0 aromatic heterocycles. The molecule has 0 radical (unpaired) electrons. The summed E-state index contributed by atoms with van der Waals surface area (Å²) in [6.45, 7) is 5.68. The zero-order valence-electron chi connectivity index (χ0n) is 18.6. The summed E-state index contributed by atoms with van der Waals surface area (Å²) >= 11 is 1.25. The maximum atomic E-state index is 13.9. The predicted octanol–water partition coefficient (Wildman–Crippen LogP) is 2.39. The van der Waals surface area contributed by atoms with Crippen molar-refractivity contribution in [2.75, 3.05) is 18.9 Å². The van der Waals surface area contributed by atoms with Crippen molar-refractivity contribution in [2.24, 2.45) is 11.7 Å². The van der Waals surface area contributed by atoms with Crippen molar-refractivity contribution in [1.82, 2.24) is 10.2 Å². The number of carbonyl (C=O) groups is 3. The smallest absolute Gasteiger partial charge is 0.328 e. The van der Waals surface area contributed by atoms with Crippen molar-refractivity contribution in [1.29, 1.82) is 0 Å². The number of halogens is 4. The third kappa shape index (κ3) is 7.79. The number of rotatable bonds is 9. The van der Waals surface area contributed by atoms with Crippen LogP contribution in [0.25, 0.3) is 0 Å². The summed E-state index contributed by atoms with van der Waals surface area (Å²) in [5, 5.41) is 1.81. The fourth-order valence-electron chi connectivity index (χ4n) is 3.31. The Morgan fingerprint density at radius 3 is 2.45 bits per heavy atom. The number of ether oxygens (including phenoxy) is 1. The molecule has 1 aliphatic rings. The van der Waals surface area contributed by atoms with Crippen LogP contribution < -0.4 is 11.1 Å². The molecular formula is C21H29ClF3N3O4S. The van der Waals surface area contributed by atoms with Crippen LogP contribution in [0.15, 0.2) is 12.1 Å². The summed E-state index contributed by atoms with van der Waals surface area (Å²) in [5.41, 5.74) is 5.81. The molecule has 0 spiro atoms. The van der Waals surface area contributed by atoms with Gasteiger partial charge in [0, 0.05) is 30.8 Å². The Morgan fingerprint density at radius 2 is 1.85 bits per heavy atom. The number of nitrogens with two attached hydrogens (primary N) is 1. The van der Waals surface area contributed by atoms with Crippen LogP contribution in [0.4, 0.5) is 13.2 Å². The molecule has 1 aromatic rings. The molecule has 1 fully saturated rings. The van der Waals surface area contributed by atoms with Gasteiger partial charge in [0.05, 0.1) is 6.61 Å². The van der Waals surface area contributed by atoms with E-state index in [1.165, 1.54) is 16.7 Å². The molecule has 2 amide bonds. The second-order valence-electron chi connectivity index (χ2n) is 7.82. The third-order valence-electron chi connectivity index (χ3n) is 4.95. The second kappa shape index (κ2) is 13.0. The number of benzene rings is 1. The van der Waals surface area contributed by atoms with Gasteiger partial charge in [-0.15, -0.1) is 24.2 Å². The maximum Gasteiger partial charge on any atom is 0.328 e. The van der Waals surface area contributed by atoms with Gasteiger partial charge in [0.25, 0.3) is 5.91 Å². The highest BCUT2D eigenvalue weighted by Gasteiger charge is 2.37. The van der Waals surface area contributed by atoms with E-state index in [-0.39, 0.29) is 43.3 Å². The highest BCUT2D eigenvalue weighted by molar-refractivity contribution is 8.00. The summed E-state index contributed by atoms with van der Waals surface area (Å²) in [4.78, 5) is 39.0. The van der Waals surface area contributed by atoms with Crippen molar-refractivity contribution < 1.29 is 32.3 Å². The van der Waals surface area contributed by atoms with Gasteiger partial charge in [-0.3, -0.25) is 9.59 Å². The lowest BCUT2D eigenvalue weighted by Gasteiger charge is -2.27. The molecule has 1 aromatic carbocycles. The number of carbonyl (C=O) groups excluding carboxylic acids is 3. The zero-order valence-corrected chi connectivity index (χ0v) is 20.2. The molecular weight excluding hydrogens is 483 g/mol. The van der Waals surface area contributed by atoms with Gasteiger partial charge in [-0.05, 0) is 30.9 Å². The van der Waals surface area contributed by atoms with Crippen LogP contribution >= 0.6 is 24.2 Å². The largest absolute Gasteiger partial charge is 0.464 e. The highest BCUT2D eigenvalue weighted by atomic mass is 35.5. The molecule has 0 bridgehead atoms. The van der Waals surface area contributed by atoms with Crippen LogP contribution in [0, 0.1) is 23.4 Å². The lowest BCUT2D eigenvalue weighted by Crippen LogP contribution is -2.52. The molecule has 2 rings (SSSR count). The van der Waals surface area contributed by atoms with Gasteiger partial charge in [-0.25, -0.2) is 18.0 Å². The third-order valence-corrected chi connectivity index (χ3v) is 6.15. The standard InChI is InChI=1S/C21H28F3N3O4S.ClH/c1-4-31-21(30)18(11(2)3)26-19(29)20-27(5-6-32-20)17(28)9-13(25)7-12-8-15(23)16(24)10-14(12)22;/h8,10-11,13,18,20H,4-7,9,25H2,1-3H3,(H,26,29);1H/t13-,18?,20?;/m1./s1. The number of amides is 2. The number of thioether (sulfide) groups is 1. The lowest BCUT2D eigenvalue weighted by atomic mass is 10.0. The van der Waals surface area contributed by atoms with E-state index in [2.05, 4.69) is 5.32 Å². The van der Waals surface area contributed by atoms with Gasteiger partial charge in [0.15, 0.2) is 17.0 Å². The molecule has 1 heterocycles. The van der Waals surface area contributed by atoms with E-state index >= 15 is 0 Å². The minimum Gasteiger partial charge on any atom is -0.464 e. The first-order chi connectivity index (χ1) is 15.0. The van der Waals surface area contributed by atoms with Crippen LogP contribution in [0.1, 0.15) is 32.8 Å². The molecule has 0 saturated carbocycles. The molecule has 1 aliphatic heterocycles. The van der Waals surface area contributed by atoms with Crippen molar-refractivity contribution >= 4 is 42.0 Å². The Labute approximate surface area is 201 Å². The van der Waals surface area contributed by atoms with Crippen LogP contribution in [-0.2, 0) is 25.5 Å². The number of hydrogen-bond acceptors (Lipinski definition) is 6. The summed E-state index contributed by atoms with van der Waals surface area (Å²) in [7, 11) is 0. The van der Waals surface area contributed by atoms with Gasteiger partial charge < -0.3 is 20.7 Å². The SMILES string of the molecule is CCOC(=O)C(NC(=O)C1SCCN1C(=O)C[C@H](N)Cc1cc(F)c(F)cc1F)C(C)C.Cl. The average molecular weight is 512 g/mol. The molecule has 7 nitrogen and oxygen atoms in total. The Balaban J connectivity index is 0.00000544. The van der Waals surface area contributed by atoms with Gasteiger partial charge >= 0.3 is 5.97 Å². The average Bonchev–Trinajstić information content (AvgIpc) is 3.20. The minimum atomic E-state index is -1.30. The first-order valence-corrected chi connectivity index (χ1v) is 11.4. The van der Waals surface area contributed by atoms with Gasteiger partial charge in [0.2, 0.25) is 5.91 Å². The molecule has 12 heteroatoms. The Kier molecular flexibility index (Phi) is 11.5. The summed E-state index contributed by atoms with van der Waals surface area (Å²) in [6.07, 6.45) is -0.390. The number of esters is 1. The molecule has 33 heavy (non-hydrogen) atoms. The number of nitrogens with one attached hydrogen (secondary N) is 1. The van der Waals surface area contributed by atoms with Crippen molar-refractivity contribution in [2.45, 2.75) is 51.1 Å². The van der Waals surface area contributed by atoms with E-state index in [0.29, 0.717) is 18.4 Å². The Morgan fingerprint density at radius 1 is 1.21 bits per heavy atom. The van der Waals surface area contributed by atoms with E-state index in [1.54, 1.807) is 20.8 Å². The lowest BCUT2D eigenvalue weighted by molar-refractivity contribution is -0.149. The van der Waals surface area contributed by atoms with Crippen molar-refractivity contribution in [3.8, 4) is 0 Å². The second-order valence-corrected chi connectivity index (χ2v) is 9.01. The number of nitrogens with zero attached hydrogens (tertiary/aromatic N) is 1. The molecule has 0 aliphatic carbocycles. The maximum absolute atomic E-state index is 13.9. The predicted molar refractivity (Wildman–Crippen MR) is 121 cm³/mol. The van der Waals surface area contributed by atoms with Gasteiger partial charge in [-0.1, -0.05) is 13.8 Å². The molecule has 2 unspecified atom stereocenters. The van der Waals surface area contributed by atoms with Gasteiger partial charge in [-0.2, -0.15) is 0 Å². The fourth-order valence-corrected chi connectivity index (χ4v) is 4.46. The highest BCUT2D eigenvalue weighted by Crippen LogP contribution is 2.26. The van der Waals surface area contributed by atoms with Crippen LogP contribution in [-0.4, -0.2) is 59.0 Å². The van der Waals surface area contributed by atoms with Crippen LogP contribution in [0.3, 0.4) is 0 Å². The van der Waals surface area contributed by atoms with Gasteiger partial charge in [0.1, 0.15) is 11.9 Å². The Bertz CT molecular complexity index is 862. The first kappa shape index (κ1) is 29.1. The normalized spacial score (nSPS) is 17.3. The van der Waals surface area contributed by atoms with E-state index in [1.807, 2.05) is 0 Å². The summed E-state index contributed by atoms with van der Waals surface area (Å²) in [5.74, 6) is -4.62. The molecule has 3 N–H and O–H groups in total. The van der Waals surface area contributed by atoms with Crippen molar-refractivity contribution in [3.05, 3.63) is 35.1 Å². The van der Waals surface area contributed by atoms with E-state index in [4.69, 9.17) is 10.5 Å². The fraction of sp³-hybridized carbons (Fsp3) is 0.571. The summed E-state index contributed by atoms with van der Waals surface area (Å²) < 4.78 is 45.3. The minimum absolute atomic E-state index is 0. The van der Waals surface area contributed by atoms with Crippen molar-refractivity contribution in [3.63, 3.8) is 0 Å². The summed E-state index contributed by atoms with van der Waals surface area (Å²) in [6, 6.07) is -0.553. The Hall–Kier alpha value is -1.98. The number of hydrogen-bond donors (Lipinski definition) is 2. The quantitative estimate of drug-likeness (QED) is 0.390. The topological polar surface area (TPSA) is 102 Å². The molecule has 186 valence electrons. The van der Waals surface area contributed by atoms with Crippen LogP contribution in [0.2, 0.25) is 0 Å². The zero-order chi connectivity index (χ0) is 24.0.